The molecular formula is C18H36O10. The maximum atomic E-state index is 9.60. The molecule has 0 aromatic carbocycles. The predicted molar refractivity (Wildman–Crippen MR) is 104 cm³/mol. The van der Waals surface area contributed by atoms with Crippen molar-refractivity contribution in [3.8, 4) is 0 Å². The van der Waals surface area contributed by atoms with Gasteiger partial charge >= 0.3 is 11.9 Å². The maximum absolute atomic E-state index is 9.60. The fourth-order valence-electron chi connectivity index (χ4n) is 0.717. The Morgan fingerprint density at radius 3 is 1.11 bits per heavy atom. The zero-order valence-corrected chi connectivity index (χ0v) is 16.9. The molecule has 0 heterocycles. The van der Waals surface area contributed by atoms with Crippen LogP contribution in [0.1, 0.15) is 27.2 Å². The van der Waals surface area contributed by atoms with Crippen molar-refractivity contribution in [2.75, 3.05) is 46.2 Å². The van der Waals surface area contributed by atoms with E-state index in [-0.39, 0.29) is 44.2 Å². The number of aliphatic hydroxyl groups excluding tert-OH is 5. The number of carboxylic acids is 2. The molecule has 0 bridgehead atoms. The third kappa shape index (κ3) is 26.4. The third-order valence-corrected chi connectivity index (χ3v) is 2.96. The van der Waals surface area contributed by atoms with E-state index >= 15 is 0 Å². The molecule has 0 aliphatic heterocycles. The van der Waals surface area contributed by atoms with Crippen LogP contribution in [0, 0.1) is 5.41 Å². The second-order valence-electron chi connectivity index (χ2n) is 5.56. The van der Waals surface area contributed by atoms with Gasteiger partial charge < -0.3 is 40.5 Å². The van der Waals surface area contributed by atoms with Crippen LogP contribution in [0.15, 0.2) is 24.3 Å². The molecule has 10 heteroatoms. The maximum Gasteiger partial charge on any atom is 0.330 e. The van der Waals surface area contributed by atoms with E-state index in [4.69, 9.17) is 35.7 Å². The lowest BCUT2D eigenvalue weighted by atomic mass is 9.88. The molecule has 0 amide bonds. The average molecular weight is 412 g/mol. The first-order chi connectivity index (χ1) is 12.9. The first kappa shape index (κ1) is 33.7. The van der Waals surface area contributed by atoms with Crippen LogP contribution in [0.4, 0.5) is 0 Å². The molecular weight excluding hydrogens is 376 g/mol. The van der Waals surface area contributed by atoms with Crippen molar-refractivity contribution >= 4 is 11.9 Å². The van der Waals surface area contributed by atoms with Gasteiger partial charge in [-0.3, -0.25) is 0 Å². The highest BCUT2D eigenvalue weighted by atomic mass is 16.5. The largest absolute Gasteiger partial charge is 0.478 e. The van der Waals surface area contributed by atoms with E-state index in [1.807, 2.05) is 6.92 Å². The molecule has 0 unspecified atom stereocenters. The van der Waals surface area contributed by atoms with Gasteiger partial charge in [0.1, 0.15) is 0 Å². The quantitative estimate of drug-likeness (QED) is 0.185. The van der Waals surface area contributed by atoms with Crippen molar-refractivity contribution in [2.24, 2.45) is 5.41 Å². The predicted octanol–water partition coefficient (Wildman–Crippen LogP) is -0.358. The van der Waals surface area contributed by atoms with Crippen LogP contribution in [0.3, 0.4) is 0 Å². The van der Waals surface area contributed by atoms with Gasteiger partial charge in [0, 0.05) is 16.6 Å². The minimum absolute atomic E-state index is 0.0278. The number of aliphatic hydroxyl groups is 5. The van der Waals surface area contributed by atoms with Gasteiger partial charge in [-0.25, -0.2) is 9.59 Å². The molecule has 0 radical (unpaired) electrons. The number of ether oxygens (including phenoxy) is 1. The van der Waals surface area contributed by atoms with E-state index in [1.54, 1.807) is 0 Å². The van der Waals surface area contributed by atoms with Gasteiger partial charge in [-0.1, -0.05) is 20.1 Å². The van der Waals surface area contributed by atoms with Gasteiger partial charge in [-0.2, -0.15) is 0 Å². The molecule has 0 aliphatic carbocycles. The first-order valence-electron chi connectivity index (χ1n) is 8.34. The number of hydrogen-bond acceptors (Lipinski definition) is 8. The summed E-state index contributed by atoms with van der Waals surface area (Å²) in [5.74, 6) is -1.87. The minimum Gasteiger partial charge on any atom is -0.478 e. The van der Waals surface area contributed by atoms with Crippen molar-refractivity contribution in [3.05, 3.63) is 24.3 Å². The summed E-state index contributed by atoms with van der Waals surface area (Å²) in [6, 6.07) is 0. The van der Waals surface area contributed by atoms with Crippen LogP contribution >= 0.6 is 0 Å². The molecule has 0 saturated heterocycles. The van der Waals surface area contributed by atoms with E-state index < -0.39 is 17.4 Å². The Kier molecular flexibility index (Phi) is 28.0. The number of carbonyl (C=O) groups is 2. The van der Waals surface area contributed by atoms with Crippen LogP contribution < -0.4 is 0 Å². The van der Waals surface area contributed by atoms with Gasteiger partial charge in [0.2, 0.25) is 0 Å². The monoisotopic (exact) mass is 412 g/mol. The Bertz CT molecular complexity index is 347. The molecule has 0 spiro atoms. The van der Waals surface area contributed by atoms with E-state index in [0.717, 1.165) is 0 Å². The number of rotatable bonds is 10. The van der Waals surface area contributed by atoms with Crippen molar-refractivity contribution in [1.29, 1.82) is 0 Å². The molecule has 0 fully saturated rings. The summed E-state index contributed by atoms with van der Waals surface area (Å²) in [6.07, 6.45) is 0.594. The number of hydrogen-bond donors (Lipinski definition) is 7. The van der Waals surface area contributed by atoms with Crippen LogP contribution in [0.5, 0.6) is 0 Å². The Morgan fingerprint density at radius 2 is 1.04 bits per heavy atom. The Hall–Kier alpha value is -1.82. The van der Waals surface area contributed by atoms with Gasteiger partial charge in [-0.05, 0) is 20.3 Å². The van der Waals surface area contributed by atoms with Crippen LogP contribution in [-0.4, -0.2) is 93.9 Å². The highest BCUT2D eigenvalue weighted by Gasteiger charge is 2.24. The summed E-state index contributed by atoms with van der Waals surface area (Å²) in [7, 11) is 0. The Labute approximate surface area is 166 Å². The Balaban J connectivity index is -0.000000139. The van der Waals surface area contributed by atoms with E-state index in [9.17, 15) is 9.59 Å². The lowest BCUT2D eigenvalue weighted by Gasteiger charge is -2.24. The number of carboxylic acid groups (broad SMARTS) is 2. The number of aliphatic carboxylic acids is 2. The van der Waals surface area contributed by atoms with Crippen molar-refractivity contribution in [2.45, 2.75) is 27.2 Å². The van der Waals surface area contributed by atoms with Crippen molar-refractivity contribution in [3.63, 3.8) is 0 Å². The van der Waals surface area contributed by atoms with Crippen molar-refractivity contribution < 1.29 is 50.1 Å². The summed E-state index contributed by atoms with van der Waals surface area (Å²) >= 11 is 0. The molecule has 0 aliphatic rings. The van der Waals surface area contributed by atoms with Gasteiger partial charge in [-0.15, -0.1) is 0 Å². The molecule has 0 aromatic heterocycles. The highest BCUT2D eigenvalue weighted by molar-refractivity contribution is 5.85. The molecule has 28 heavy (non-hydrogen) atoms. The van der Waals surface area contributed by atoms with Crippen molar-refractivity contribution in [1.82, 2.24) is 0 Å². The zero-order valence-electron chi connectivity index (χ0n) is 16.9. The average Bonchev–Trinajstić information content (AvgIpc) is 2.66. The molecule has 0 rings (SSSR count). The third-order valence-electron chi connectivity index (χ3n) is 2.96. The van der Waals surface area contributed by atoms with Gasteiger partial charge in [0.15, 0.2) is 0 Å². The lowest BCUT2D eigenvalue weighted by Crippen LogP contribution is -2.32. The SMILES string of the molecule is C=C(C)C(=O)O.C=C(C)C(=O)O.CCC(CO)(CO)CO.OCCOCCO. The summed E-state index contributed by atoms with van der Waals surface area (Å²) in [5.41, 5.74) is -0.315. The summed E-state index contributed by atoms with van der Waals surface area (Å²) in [6.45, 7) is 11.3. The van der Waals surface area contributed by atoms with Gasteiger partial charge in [0.05, 0.1) is 46.2 Å². The fraction of sp³-hybridized carbons (Fsp3) is 0.667. The molecule has 0 atom stereocenters. The molecule has 10 nitrogen and oxygen atoms in total. The van der Waals surface area contributed by atoms with E-state index in [2.05, 4.69) is 17.9 Å². The summed E-state index contributed by atoms with van der Waals surface area (Å²) < 4.78 is 4.63. The van der Waals surface area contributed by atoms with Crippen LogP contribution in [0.25, 0.3) is 0 Å². The fourth-order valence-corrected chi connectivity index (χ4v) is 0.717. The lowest BCUT2D eigenvalue weighted by molar-refractivity contribution is -0.133. The summed E-state index contributed by atoms with van der Waals surface area (Å²) in [5, 5.41) is 57.9. The normalized spacial score (nSPS) is 9.43. The van der Waals surface area contributed by atoms with Crippen LogP contribution in [-0.2, 0) is 14.3 Å². The molecule has 0 aromatic rings. The standard InChI is InChI=1S/C6H14O3.C4H10O3.2C4H6O2/c1-2-6(3-7,4-8)5-9;5-1-3-7-4-2-6;2*1-3(2)4(5)6/h7-9H,2-5H2,1H3;5-6H,1-4H2;2*1H2,2H3,(H,5,6). The molecule has 7 N–H and O–H groups in total. The smallest absolute Gasteiger partial charge is 0.330 e. The summed E-state index contributed by atoms with van der Waals surface area (Å²) in [4.78, 5) is 19.2. The topological polar surface area (TPSA) is 185 Å². The van der Waals surface area contributed by atoms with Crippen LogP contribution in [0.2, 0.25) is 0 Å². The van der Waals surface area contributed by atoms with Gasteiger partial charge in [0.25, 0.3) is 0 Å². The molecule has 0 saturated carbocycles. The van der Waals surface area contributed by atoms with E-state index in [0.29, 0.717) is 19.6 Å². The second kappa shape index (κ2) is 23.2. The first-order valence-corrected chi connectivity index (χ1v) is 8.34. The minimum atomic E-state index is -0.935. The zero-order chi connectivity index (χ0) is 23.2. The highest BCUT2D eigenvalue weighted by Crippen LogP contribution is 2.18. The Morgan fingerprint density at radius 1 is 0.786 bits per heavy atom. The molecule has 168 valence electrons. The van der Waals surface area contributed by atoms with E-state index in [1.165, 1.54) is 13.8 Å². The second-order valence-corrected chi connectivity index (χ2v) is 5.56.